The molecule has 2 aliphatic heterocycles. The molecule has 0 spiro atoms. The number of imide groups is 1. The molecule has 1 saturated heterocycles. The van der Waals surface area contributed by atoms with E-state index >= 15 is 0 Å². The minimum absolute atomic E-state index is 0.375. The van der Waals surface area contributed by atoms with Crippen LogP contribution in [0, 0.1) is 0 Å². The lowest BCUT2D eigenvalue weighted by molar-refractivity contribution is -0.274. The van der Waals surface area contributed by atoms with Gasteiger partial charge in [0.2, 0.25) is 11.8 Å². The van der Waals surface area contributed by atoms with Gasteiger partial charge in [0.25, 0.3) is 0 Å². The molecule has 1 N–H and O–H groups in total. The highest BCUT2D eigenvalue weighted by Gasteiger charge is 2.45. The number of nitrogens with one attached hydrogen (secondary N) is 1. The molecule has 0 radical (unpaired) electrons. The third-order valence-corrected chi connectivity index (χ3v) is 5.81. The van der Waals surface area contributed by atoms with Gasteiger partial charge >= 0.3 is 6.36 Å². The Morgan fingerprint density at radius 2 is 1.73 bits per heavy atom. The fourth-order valence-electron chi connectivity index (χ4n) is 4.65. The van der Waals surface area contributed by atoms with Crippen molar-refractivity contribution in [3.8, 4) is 5.75 Å². The summed E-state index contributed by atoms with van der Waals surface area (Å²) in [5, 5.41) is 3.32. The number of amides is 2. The Labute approximate surface area is 169 Å². The molecule has 5 rings (SSSR count). The predicted molar refractivity (Wildman–Crippen MR) is 102 cm³/mol. The number of carbonyl (C=O) groups is 2. The van der Waals surface area contributed by atoms with Crippen LogP contribution in [0.25, 0.3) is 10.9 Å². The van der Waals surface area contributed by atoms with Crippen molar-refractivity contribution in [3.63, 3.8) is 0 Å². The smallest absolute Gasteiger partial charge is 0.406 e. The Kier molecular flexibility index (Phi) is 4.13. The van der Waals surface area contributed by atoms with Crippen molar-refractivity contribution < 1.29 is 27.5 Å². The number of benzene rings is 2. The summed E-state index contributed by atoms with van der Waals surface area (Å²) in [5.74, 6) is -2.80. The molecule has 1 fully saturated rings. The molecule has 0 bridgehead atoms. The maximum Gasteiger partial charge on any atom is 0.573 e. The summed E-state index contributed by atoms with van der Waals surface area (Å²) < 4.78 is 43.3. The van der Waals surface area contributed by atoms with Crippen molar-refractivity contribution >= 4 is 22.7 Å². The van der Waals surface area contributed by atoms with Gasteiger partial charge in [-0.25, -0.2) is 0 Å². The summed E-state index contributed by atoms with van der Waals surface area (Å²) in [5.41, 5.74) is 3.51. The van der Waals surface area contributed by atoms with E-state index in [0.29, 0.717) is 5.56 Å². The van der Waals surface area contributed by atoms with E-state index in [2.05, 4.69) is 20.7 Å². The second-order valence-electron chi connectivity index (χ2n) is 7.62. The van der Waals surface area contributed by atoms with E-state index in [0.717, 1.165) is 48.0 Å². The lowest BCUT2D eigenvalue weighted by atomic mass is 9.83. The number of halogens is 3. The molecule has 2 aliphatic rings. The third-order valence-electron chi connectivity index (χ3n) is 5.81. The van der Waals surface area contributed by atoms with Crippen LogP contribution in [-0.4, -0.2) is 22.7 Å². The number of para-hydroxylation sites is 1. The van der Waals surface area contributed by atoms with Crippen LogP contribution in [-0.2, 0) is 22.6 Å². The van der Waals surface area contributed by atoms with Crippen molar-refractivity contribution in [2.75, 3.05) is 0 Å². The molecule has 5 nitrogen and oxygen atoms in total. The zero-order valence-electron chi connectivity index (χ0n) is 15.7. The van der Waals surface area contributed by atoms with E-state index in [1.165, 1.54) is 17.7 Å². The maximum absolute atomic E-state index is 12.8. The van der Waals surface area contributed by atoms with Crippen LogP contribution < -0.4 is 10.1 Å². The van der Waals surface area contributed by atoms with Crippen LogP contribution in [0.1, 0.15) is 34.9 Å². The van der Waals surface area contributed by atoms with Gasteiger partial charge in [0.05, 0.1) is 17.4 Å². The number of hydrogen-bond acceptors (Lipinski definition) is 3. The SMILES string of the molecule is O=C1NC(=O)[C@H](c2cn3c4c(cccc24)CCC3)[C@H]1c1ccc(OC(F)(F)F)cc1. The molecule has 1 aromatic heterocycles. The average molecular weight is 414 g/mol. The first-order chi connectivity index (χ1) is 14.3. The summed E-state index contributed by atoms with van der Waals surface area (Å²) in [6, 6.07) is 11.1. The summed E-state index contributed by atoms with van der Waals surface area (Å²) >= 11 is 0. The van der Waals surface area contributed by atoms with E-state index in [1.807, 2.05) is 18.3 Å². The average Bonchev–Trinajstić information content (AvgIpc) is 3.19. The lowest BCUT2D eigenvalue weighted by Gasteiger charge is -2.16. The van der Waals surface area contributed by atoms with Crippen LogP contribution in [0.15, 0.2) is 48.7 Å². The standard InChI is InChI=1S/C22H17F3N2O3/c23-22(24,25)30-14-8-6-12(7-9-14)17-18(21(29)26-20(17)28)16-11-27-10-2-4-13-3-1-5-15(16)19(13)27/h1,3,5-9,11,17-18H,2,4,10H2,(H,26,28,29)/t17-,18-/m1/s1. The highest BCUT2D eigenvalue weighted by Crippen LogP contribution is 2.43. The summed E-state index contributed by atoms with van der Waals surface area (Å²) in [6.45, 7) is 0.837. The molecule has 3 aromatic rings. The van der Waals surface area contributed by atoms with Crippen molar-refractivity contribution in [2.45, 2.75) is 37.6 Å². The van der Waals surface area contributed by atoms with E-state index in [9.17, 15) is 22.8 Å². The third kappa shape index (κ3) is 3.03. The van der Waals surface area contributed by atoms with Gasteiger partial charge in [0.1, 0.15) is 5.75 Å². The van der Waals surface area contributed by atoms with E-state index < -0.39 is 30.0 Å². The van der Waals surface area contributed by atoms with Gasteiger partial charge in [0.15, 0.2) is 0 Å². The highest BCUT2D eigenvalue weighted by atomic mass is 19.4. The van der Waals surface area contributed by atoms with E-state index in [1.54, 1.807) is 0 Å². The fourth-order valence-corrected chi connectivity index (χ4v) is 4.65. The number of rotatable bonds is 3. The van der Waals surface area contributed by atoms with E-state index in [4.69, 9.17) is 0 Å². The lowest BCUT2D eigenvalue weighted by Crippen LogP contribution is -2.21. The number of alkyl halides is 3. The number of aromatic nitrogens is 1. The summed E-state index contributed by atoms with van der Waals surface area (Å²) in [6.07, 6.45) is -0.901. The number of nitrogens with zero attached hydrogens (tertiary/aromatic N) is 1. The van der Waals surface area contributed by atoms with Gasteiger partial charge < -0.3 is 9.30 Å². The predicted octanol–water partition coefficient (Wildman–Crippen LogP) is 4.01. The Hall–Kier alpha value is -3.29. The second kappa shape index (κ2) is 6.62. The topological polar surface area (TPSA) is 60.3 Å². The second-order valence-corrected chi connectivity index (χ2v) is 7.62. The molecule has 2 aromatic carbocycles. The zero-order chi connectivity index (χ0) is 21.0. The van der Waals surface area contributed by atoms with Crippen molar-refractivity contribution in [1.82, 2.24) is 9.88 Å². The Morgan fingerprint density at radius 1 is 1.00 bits per heavy atom. The molecular formula is C22H17F3N2O3. The largest absolute Gasteiger partial charge is 0.573 e. The Morgan fingerprint density at radius 3 is 2.47 bits per heavy atom. The first kappa shape index (κ1) is 18.7. The van der Waals surface area contributed by atoms with Gasteiger partial charge in [-0.05, 0) is 41.7 Å². The minimum atomic E-state index is -4.80. The molecule has 3 heterocycles. The van der Waals surface area contributed by atoms with Gasteiger partial charge in [-0.1, -0.05) is 30.3 Å². The van der Waals surface area contributed by atoms with Crippen LogP contribution >= 0.6 is 0 Å². The van der Waals surface area contributed by atoms with Crippen molar-refractivity contribution in [3.05, 3.63) is 65.4 Å². The monoisotopic (exact) mass is 414 g/mol. The quantitative estimate of drug-likeness (QED) is 0.659. The minimum Gasteiger partial charge on any atom is -0.406 e. The van der Waals surface area contributed by atoms with Crippen molar-refractivity contribution in [1.29, 1.82) is 0 Å². The molecule has 2 atom stereocenters. The summed E-state index contributed by atoms with van der Waals surface area (Å²) in [4.78, 5) is 25.4. The van der Waals surface area contributed by atoms with Crippen molar-refractivity contribution in [2.24, 2.45) is 0 Å². The van der Waals surface area contributed by atoms with Crippen LogP contribution in [0.5, 0.6) is 5.75 Å². The number of aryl methyl sites for hydroxylation is 2. The van der Waals surface area contributed by atoms with Gasteiger partial charge in [0, 0.05) is 18.1 Å². The van der Waals surface area contributed by atoms with Gasteiger partial charge in [-0.3, -0.25) is 14.9 Å². The molecule has 0 saturated carbocycles. The molecule has 0 aliphatic carbocycles. The highest BCUT2D eigenvalue weighted by molar-refractivity contribution is 6.12. The zero-order valence-corrected chi connectivity index (χ0v) is 15.7. The van der Waals surface area contributed by atoms with Crippen LogP contribution in [0.2, 0.25) is 0 Å². The Balaban J connectivity index is 1.57. The normalized spacial score (nSPS) is 21.2. The molecular weight excluding hydrogens is 397 g/mol. The number of ether oxygens (including phenoxy) is 1. The van der Waals surface area contributed by atoms with Crippen LogP contribution in [0.4, 0.5) is 13.2 Å². The molecule has 30 heavy (non-hydrogen) atoms. The Bertz CT molecular complexity index is 1160. The first-order valence-electron chi connectivity index (χ1n) is 9.63. The molecule has 8 heteroatoms. The fraction of sp³-hybridized carbons (Fsp3) is 0.273. The first-order valence-corrected chi connectivity index (χ1v) is 9.63. The summed E-state index contributed by atoms with van der Waals surface area (Å²) in [7, 11) is 0. The molecule has 0 unspecified atom stereocenters. The number of hydrogen-bond donors (Lipinski definition) is 1. The van der Waals surface area contributed by atoms with E-state index in [-0.39, 0.29) is 5.75 Å². The van der Waals surface area contributed by atoms with Gasteiger partial charge in [-0.15, -0.1) is 13.2 Å². The van der Waals surface area contributed by atoms with Crippen LogP contribution in [0.3, 0.4) is 0 Å². The van der Waals surface area contributed by atoms with Gasteiger partial charge in [-0.2, -0.15) is 0 Å². The maximum atomic E-state index is 12.8. The number of carbonyl (C=O) groups excluding carboxylic acids is 2. The molecule has 2 amide bonds. The molecule has 154 valence electrons.